The number of amides is 2. The van der Waals surface area contributed by atoms with Crippen LogP contribution in [-0.4, -0.2) is 48.2 Å². The molecule has 0 saturated carbocycles. The van der Waals surface area contributed by atoms with Gasteiger partial charge in [0.25, 0.3) is 5.91 Å². The lowest BCUT2D eigenvalue weighted by molar-refractivity contribution is 0.0934. The zero-order valence-corrected chi connectivity index (χ0v) is 18.8. The third-order valence-electron chi connectivity index (χ3n) is 5.81. The topological polar surface area (TPSA) is 94.1 Å². The van der Waals surface area contributed by atoms with Crippen molar-refractivity contribution in [2.24, 2.45) is 0 Å². The Morgan fingerprint density at radius 2 is 2.06 bits per heavy atom. The normalized spacial score (nSPS) is 17.3. The summed E-state index contributed by atoms with van der Waals surface area (Å²) in [5.41, 5.74) is 3.21. The Labute approximate surface area is 185 Å². The van der Waals surface area contributed by atoms with E-state index < -0.39 is 6.17 Å². The van der Waals surface area contributed by atoms with Crippen molar-refractivity contribution in [1.29, 1.82) is 0 Å². The van der Waals surface area contributed by atoms with Crippen LogP contribution in [0.5, 0.6) is 5.75 Å². The van der Waals surface area contributed by atoms with Crippen molar-refractivity contribution in [3.63, 3.8) is 0 Å². The predicted octanol–water partition coefficient (Wildman–Crippen LogP) is 3.67. The maximum absolute atomic E-state index is 13.0. The van der Waals surface area contributed by atoms with E-state index in [0.29, 0.717) is 37.2 Å². The molecule has 4 rings (SSSR count). The van der Waals surface area contributed by atoms with Gasteiger partial charge >= 0.3 is 6.09 Å². The van der Waals surface area contributed by atoms with Gasteiger partial charge in [0.05, 0.1) is 18.7 Å². The fraction of sp³-hybridized carbons (Fsp3) is 0.455. The Kier molecular flexibility index (Phi) is 5.95. The van der Waals surface area contributed by atoms with Gasteiger partial charge in [-0.25, -0.2) is 4.79 Å². The quantitative estimate of drug-likeness (QED) is 0.652. The van der Waals surface area contributed by atoms with Gasteiger partial charge in [-0.05, 0) is 44.9 Å². The summed E-state index contributed by atoms with van der Waals surface area (Å²) in [5.74, 6) is -0.0199. The van der Waals surface area contributed by atoms with E-state index in [1.807, 2.05) is 12.1 Å². The van der Waals surface area contributed by atoms with Gasteiger partial charge < -0.3 is 30.3 Å². The lowest BCUT2D eigenvalue weighted by Crippen LogP contribution is -2.39. The zero-order valence-electron chi connectivity index (χ0n) is 18.0. The third kappa shape index (κ3) is 3.89. The first-order valence-electron chi connectivity index (χ1n) is 10.7. The molecule has 2 aliphatic rings. The maximum Gasteiger partial charge on any atom is 0.410 e. The van der Waals surface area contributed by atoms with Crippen molar-refractivity contribution in [2.45, 2.75) is 39.9 Å². The molecular formula is C22H28N4O4S. The van der Waals surface area contributed by atoms with Crippen molar-refractivity contribution in [2.75, 3.05) is 36.5 Å². The first kappa shape index (κ1) is 21.3. The van der Waals surface area contributed by atoms with Crippen LogP contribution in [0.2, 0.25) is 0 Å². The molecule has 3 N–H and O–H groups in total. The highest BCUT2D eigenvalue weighted by atomic mass is 32.1. The number of phenols is 1. The lowest BCUT2D eigenvalue weighted by atomic mass is 10.00. The first-order chi connectivity index (χ1) is 15.0. The minimum Gasteiger partial charge on any atom is -0.507 e. The van der Waals surface area contributed by atoms with E-state index in [4.69, 9.17) is 4.74 Å². The molecular weight excluding hydrogens is 416 g/mol. The Morgan fingerprint density at radius 1 is 1.29 bits per heavy atom. The molecule has 9 heteroatoms. The van der Waals surface area contributed by atoms with E-state index in [1.54, 1.807) is 17.9 Å². The number of nitrogens with zero attached hydrogens (tertiary/aromatic N) is 2. The van der Waals surface area contributed by atoms with Crippen LogP contribution in [-0.2, 0) is 17.7 Å². The minimum absolute atomic E-state index is 0.139. The molecule has 1 aromatic carbocycles. The molecule has 1 aromatic heterocycles. The van der Waals surface area contributed by atoms with Crippen molar-refractivity contribution < 1.29 is 19.4 Å². The molecule has 1 atom stereocenters. The molecule has 3 heterocycles. The van der Waals surface area contributed by atoms with Crippen LogP contribution < -0.4 is 15.5 Å². The average molecular weight is 445 g/mol. The molecule has 0 radical (unpaired) electrons. The summed E-state index contributed by atoms with van der Waals surface area (Å²) in [4.78, 5) is 29.9. The van der Waals surface area contributed by atoms with Gasteiger partial charge in [0.15, 0.2) is 0 Å². The van der Waals surface area contributed by atoms with Crippen molar-refractivity contribution in [3.8, 4) is 5.75 Å². The fourth-order valence-electron chi connectivity index (χ4n) is 4.20. The number of ether oxygens (including phenoxy) is 1. The van der Waals surface area contributed by atoms with Crippen LogP contribution in [0.4, 0.5) is 15.5 Å². The number of benzene rings is 1. The Hall–Kier alpha value is -2.94. The van der Waals surface area contributed by atoms with Gasteiger partial charge in [-0.1, -0.05) is 0 Å². The van der Waals surface area contributed by atoms with Crippen LogP contribution >= 0.6 is 11.3 Å². The standard InChI is InChI=1S/C22H28N4O4S/c1-4-25(5-2)13-7-8-14(16(27)11-13)19-23-20(28)18-15-9-10-26(22(29)30-6-3)12-17(15)31-21(18)24-19/h7-8,11,19,24,27H,4-6,9-10,12H2,1-3H3,(H,23,28)/t19-/m0/s1. The highest BCUT2D eigenvalue weighted by molar-refractivity contribution is 7.16. The highest BCUT2D eigenvalue weighted by Crippen LogP contribution is 2.42. The van der Waals surface area contributed by atoms with E-state index in [2.05, 4.69) is 29.4 Å². The Balaban J connectivity index is 1.58. The lowest BCUT2D eigenvalue weighted by Gasteiger charge is -2.29. The summed E-state index contributed by atoms with van der Waals surface area (Å²) in [7, 11) is 0. The number of carbonyl (C=O) groups is 2. The fourth-order valence-corrected chi connectivity index (χ4v) is 5.49. The minimum atomic E-state index is -0.521. The van der Waals surface area contributed by atoms with E-state index in [1.165, 1.54) is 11.3 Å². The van der Waals surface area contributed by atoms with E-state index in [-0.39, 0.29) is 17.7 Å². The van der Waals surface area contributed by atoms with E-state index in [9.17, 15) is 14.7 Å². The molecule has 0 saturated heterocycles. The number of aromatic hydroxyl groups is 1. The smallest absolute Gasteiger partial charge is 0.410 e. The van der Waals surface area contributed by atoms with Gasteiger partial charge in [0.2, 0.25) is 0 Å². The number of fused-ring (bicyclic) bond motifs is 3. The van der Waals surface area contributed by atoms with Crippen LogP contribution in [0.15, 0.2) is 18.2 Å². The molecule has 0 spiro atoms. The van der Waals surface area contributed by atoms with Gasteiger partial charge in [-0.2, -0.15) is 0 Å². The second-order valence-corrected chi connectivity index (χ2v) is 8.65. The molecule has 2 aromatic rings. The number of nitrogens with one attached hydrogen (secondary N) is 2. The molecule has 8 nitrogen and oxygen atoms in total. The number of anilines is 2. The van der Waals surface area contributed by atoms with E-state index >= 15 is 0 Å². The molecule has 31 heavy (non-hydrogen) atoms. The van der Waals surface area contributed by atoms with Crippen LogP contribution in [0, 0.1) is 0 Å². The number of thiophene rings is 1. The molecule has 166 valence electrons. The monoisotopic (exact) mass is 444 g/mol. The van der Waals surface area contributed by atoms with Gasteiger partial charge in [0.1, 0.15) is 16.9 Å². The Morgan fingerprint density at radius 3 is 2.74 bits per heavy atom. The van der Waals surface area contributed by atoms with E-state index in [0.717, 1.165) is 34.2 Å². The molecule has 0 aliphatic carbocycles. The maximum atomic E-state index is 13.0. The second kappa shape index (κ2) is 8.66. The molecule has 0 bridgehead atoms. The molecule has 0 fully saturated rings. The van der Waals surface area contributed by atoms with Crippen LogP contribution in [0.1, 0.15) is 53.3 Å². The SMILES string of the molecule is CCOC(=O)N1CCc2c(sc3c2C(=O)N[C@H](c2ccc(N(CC)CC)cc2O)N3)C1. The van der Waals surface area contributed by atoms with Crippen LogP contribution in [0.25, 0.3) is 0 Å². The first-order valence-corrected chi connectivity index (χ1v) is 11.5. The average Bonchev–Trinajstić information content (AvgIpc) is 3.13. The number of hydrogen-bond donors (Lipinski definition) is 3. The van der Waals surface area contributed by atoms with Crippen molar-refractivity contribution >= 4 is 34.0 Å². The third-order valence-corrected chi connectivity index (χ3v) is 6.96. The number of carbonyl (C=O) groups excluding carboxylic acids is 2. The zero-order chi connectivity index (χ0) is 22.1. The van der Waals surface area contributed by atoms with Gasteiger partial charge in [-0.15, -0.1) is 11.3 Å². The Bertz CT molecular complexity index is 1000. The number of phenolic OH excluding ortho intramolecular Hbond substituents is 1. The van der Waals surface area contributed by atoms with Gasteiger partial charge in [-0.3, -0.25) is 4.79 Å². The highest BCUT2D eigenvalue weighted by Gasteiger charge is 2.35. The van der Waals surface area contributed by atoms with Crippen LogP contribution in [0.3, 0.4) is 0 Å². The summed E-state index contributed by atoms with van der Waals surface area (Å²) in [5, 5.41) is 17.8. The number of hydrogen-bond acceptors (Lipinski definition) is 7. The summed E-state index contributed by atoms with van der Waals surface area (Å²) in [6.45, 7) is 8.93. The molecule has 2 amide bonds. The number of rotatable bonds is 5. The molecule has 0 unspecified atom stereocenters. The summed E-state index contributed by atoms with van der Waals surface area (Å²) in [6.07, 6.45) is -0.233. The van der Waals surface area contributed by atoms with Crippen molar-refractivity contribution in [3.05, 3.63) is 39.8 Å². The van der Waals surface area contributed by atoms with Gasteiger partial charge in [0, 0.05) is 41.8 Å². The summed E-state index contributed by atoms with van der Waals surface area (Å²) >= 11 is 1.49. The summed E-state index contributed by atoms with van der Waals surface area (Å²) in [6, 6.07) is 5.55. The second-order valence-electron chi connectivity index (χ2n) is 7.54. The molecule has 2 aliphatic heterocycles. The predicted molar refractivity (Wildman–Crippen MR) is 121 cm³/mol. The van der Waals surface area contributed by atoms with Crippen molar-refractivity contribution in [1.82, 2.24) is 10.2 Å². The largest absolute Gasteiger partial charge is 0.507 e. The summed E-state index contributed by atoms with van der Waals surface area (Å²) < 4.78 is 5.12.